The minimum Gasteiger partial charge on any atom is -0.497 e. The topological polar surface area (TPSA) is 24.9 Å². The number of benzene rings is 8. The number of rotatable bonds is 6. The third kappa shape index (κ3) is 4.90. The predicted molar refractivity (Wildman–Crippen MR) is 260 cm³/mol. The van der Waals surface area contributed by atoms with Gasteiger partial charge in [-0.25, -0.2) is 0 Å². The molecule has 8 aromatic carbocycles. The lowest BCUT2D eigenvalue weighted by Crippen LogP contribution is -2.54. The van der Waals surface area contributed by atoms with Crippen molar-refractivity contribution in [1.82, 2.24) is 0 Å². The lowest BCUT2D eigenvalue weighted by Gasteiger charge is -2.50. The first-order valence-corrected chi connectivity index (χ1v) is 23.0. The van der Waals surface area contributed by atoms with Crippen LogP contribution in [0, 0.1) is 0 Å². The molecule has 2 heterocycles. The highest BCUT2D eigenvalue weighted by Gasteiger charge is 2.59. The zero-order valence-corrected chi connectivity index (χ0v) is 37.1. The molecule has 4 nitrogen and oxygen atoms in total. The summed E-state index contributed by atoms with van der Waals surface area (Å²) in [5.41, 5.74) is 13.2. The summed E-state index contributed by atoms with van der Waals surface area (Å²) in [7, 11) is 3.53. The van der Waals surface area contributed by atoms with Crippen molar-refractivity contribution < 1.29 is 9.47 Å². The standard InChI is InChI=1S/C58H56N2O2/c1-55-29-7-9-31-57(55,3)59(41-13-11-15-43(35-41)61-5)51-27-21-39(33-49(51)55)45-23-17-37-20-26-48-46(24-18-38-19-25-47(45)53(37)54(38)48)40-22-28-52-50(34-40)56(2)30-8-10-32-58(56,4)60(52)42-14-12-16-44(36-42)62-6/h11-28,33-36H,7-10,29-32H2,1-6H3. The van der Waals surface area contributed by atoms with Gasteiger partial charge in [0.2, 0.25) is 0 Å². The van der Waals surface area contributed by atoms with E-state index < -0.39 is 0 Å². The van der Waals surface area contributed by atoms with Crippen LogP contribution in [-0.4, -0.2) is 25.3 Å². The number of anilines is 4. The van der Waals surface area contributed by atoms with Crippen LogP contribution in [0.1, 0.15) is 90.2 Å². The Kier molecular flexibility index (Phi) is 8.07. The average molecular weight is 813 g/mol. The molecule has 0 bridgehead atoms. The molecule has 0 amide bonds. The Morgan fingerprint density at radius 2 is 0.855 bits per heavy atom. The van der Waals surface area contributed by atoms with Crippen LogP contribution in [0.2, 0.25) is 0 Å². The van der Waals surface area contributed by atoms with Crippen LogP contribution in [0.5, 0.6) is 11.5 Å². The van der Waals surface area contributed by atoms with Crippen molar-refractivity contribution in [2.45, 2.75) is 101 Å². The molecule has 4 unspecified atom stereocenters. The average Bonchev–Trinajstić information content (AvgIpc) is 3.65. The van der Waals surface area contributed by atoms with Crippen LogP contribution in [0.15, 0.2) is 133 Å². The maximum Gasteiger partial charge on any atom is 0.120 e. The van der Waals surface area contributed by atoms with Gasteiger partial charge in [0.05, 0.1) is 25.3 Å². The summed E-state index contributed by atoms with van der Waals surface area (Å²) in [5, 5.41) is 7.97. The van der Waals surface area contributed by atoms with Crippen LogP contribution in [-0.2, 0) is 10.8 Å². The lowest BCUT2D eigenvalue weighted by atomic mass is 9.61. The summed E-state index contributed by atoms with van der Waals surface area (Å²) in [6.45, 7) is 10.1. The van der Waals surface area contributed by atoms with Crippen molar-refractivity contribution in [1.29, 1.82) is 0 Å². The third-order valence-corrected chi connectivity index (χ3v) is 17.1. The fraction of sp³-hybridized carbons (Fsp3) is 0.310. The molecule has 0 aromatic heterocycles. The molecule has 0 radical (unpaired) electrons. The second kappa shape index (κ2) is 13.3. The molecule has 2 saturated carbocycles. The van der Waals surface area contributed by atoms with E-state index in [-0.39, 0.29) is 21.9 Å². The van der Waals surface area contributed by atoms with Gasteiger partial charge in [-0.05, 0) is 154 Å². The smallest absolute Gasteiger partial charge is 0.120 e. The molecule has 2 fully saturated rings. The number of methoxy groups -OCH3 is 2. The molecule has 310 valence electrons. The van der Waals surface area contributed by atoms with Crippen molar-refractivity contribution in [3.63, 3.8) is 0 Å². The zero-order chi connectivity index (χ0) is 42.2. The van der Waals surface area contributed by atoms with E-state index in [1.165, 1.54) is 127 Å². The van der Waals surface area contributed by atoms with Crippen LogP contribution in [0.3, 0.4) is 0 Å². The molecule has 0 saturated heterocycles. The SMILES string of the molecule is COc1cccc(N2c3ccc(-c4ccc5ccc6c(-c7ccc8c(c7)C7(C)CCCCC7(C)N8c7cccc(OC)c7)ccc7ccc4c5c76)cc3C3(C)CCCCC23C)c1. The van der Waals surface area contributed by atoms with Crippen molar-refractivity contribution >= 4 is 55.1 Å². The van der Waals surface area contributed by atoms with E-state index in [1.54, 1.807) is 14.2 Å². The number of hydrogen-bond donors (Lipinski definition) is 0. The molecular formula is C58H56N2O2. The second-order valence-electron chi connectivity index (χ2n) is 19.8. The Morgan fingerprint density at radius 3 is 1.29 bits per heavy atom. The number of fused-ring (bicyclic) bond motifs is 6. The van der Waals surface area contributed by atoms with Crippen LogP contribution >= 0.6 is 0 Å². The molecular weight excluding hydrogens is 757 g/mol. The number of nitrogens with zero attached hydrogens (tertiary/aromatic N) is 2. The van der Waals surface area contributed by atoms with E-state index in [9.17, 15) is 0 Å². The number of ether oxygens (including phenoxy) is 2. The Balaban J connectivity index is 1.00. The van der Waals surface area contributed by atoms with Gasteiger partial charge in [-0.1, -0.05) is 112 Å². The van der Waals surface area contributed by atoms with Gasteiger partial charge in [0.1, 0.15) is 11.5 Å². The van der Waals surface area contributed by atoms with Gasteiger partial charge in [-0.2, -0.15) is 0 Å². The maximum absolute atomic E-state index is 5.73. The summed E-state index contributed by atoms with van der Waals surface area (Å²) >= 11 is 0. The highest BCUT2D eigenvalue weighted by molar-refractivity contribution is 6.27. The highest BCUT2D eigenvalue weighted by atomic mass is 16.5. The Morgan fingerprint density at radius 1 is 0.435 bits per heavy atom. The second-order valence-corrected chi connectivity index (χ2v) is 19.8. The van der Waals surface area contributed by atoms with Crippen molar-refractivity contribution in [2.75, 3.05) is 24.0 Å². The zero-order valence-electron chi connectivity index (χ0n) is 37.1. The van der Waals surface area contributed by atoms with Crippen molar-refractivity contribution in [2.24, 2.45) is 0 Å². The molecule has 2 aliphatic heterocycles. The van der Waals surface area contributed by atoms with Crippen molar-refractivity contribution in [3.05, 3.63) is 145 Å². The first-order valence-electron chi connectivity index (χ1n) is 23.0. The summed E-state index contributed by atoms with van der Waals surface area (Å²) in [5.74, 6) is 1.80. The van der Waals surface area contributed by atoms with Crippen molar-refractivity contribution in [3.8, 4) is 33.8 Å². The highest BCUT2D eigenvalue weighted by Crippen LogP contribution is 2.63. The summed E-state index contributed by atoms with van der Waals surface area (Å²) in [6, 6.07) is 51.0. The van der Waals surface area contributed by atoms with E-state index in [4.69, 9.17) is 9.47 Å². The minimum absolute atomic E-state index is 0.0192. The Hall–Kier alpha value is -6.00. The third-order valence-electron chi connectivity index (χ3n) is 17.1. The number of hydrogen-bond acceptors (Lipinski definition) is 4. The maximum atomic E-state index is 5.73. The summed E-state index contributed by atoms with van der Waals surface area (Å²) < 4.78 is 11.5. The summed E-state index contributed by atoms with van der Waals surface area (Å²) in [6.07, 6.45) is 9.69. The van der Waals surface area contributed by atoms with Gasteiger partial charge in [0, 0.05) is 45.7 Å². The van der Waals surface area contributed by atoms with Crippen LogP contribution in [0.25, 0.3) is 54.6 Å². The van der Waals surface area contributed by atoms with E-state index in [1.807, 2.05) is 0 Å². The quantitative estimate of drug-likeness (QED) is 0.156. The van der Waals surface area contributed by atoms with Gasteiger partial charge in [0.15, 0.2) is 0 Å². The van der Waals surface area contributed by atoms with Gasteiger partial charge in [0.25, 0.3) is 0 Å². The minimum atomic E-state index is -0.0321. The monoisotopic (exact) mass is 812 g/mol. The van der Waals surface area contributed by atoms with Crippen LogP contribution in [0.4, 0.5) is 22.7 Å². The first kappa shape index (κ1) is 37.7. The molecule has 0 N–H and O–H groups in total. The van der Waals surface area contributed by atoms with E-state index >= 15 is 0 Å². The largest absolute Gasteiger partial charge is 0.497 e. The molecule has 4 heteroatoms. The van der Waals surface area contributed by atoms with Gasteiger partial charge in [-0.3, -0.25) is 0 Å². The molecule has 2 aliphatic carbocycles. The fourth-order valence-corrected chi connectivity index (χ4v) is 13.4. The lowest BCUT2D eigenvalue weighted by molar-refractivity contribution is 0.195. The molecule has 62 heavy (non-hydrogen) atoms. The van der Waals surface area contributed by atoms with E-state index in [0.29, 0.717) is 0 Å². The Bertz CT molecular complexity index is 2910. The van der Waals surface area contributed by atoms with Gasteiger partial charge in [-0.15, -0.1) is 0 Å². The van der Waals surface area contributed by atoms with Gasteiger partial charge < -0.3 is 19.3 Å². The predicted octanol–water partition coefficient (Wildman–Crippen LogP) is 15.4. The summed E-state index contributed by atoms with van der Waals surface area (Å²) in [4.78, 5) is 5.29. The molecule has 4 aliphatic rings. The van der Waals surface area contributed by atoms with E-state index in [2.05, 4.69) is 171 Å². The van der Waals surface area contributed by atoms with Crippen LogP contribution < -0.4 is 19.3 Å². The van der Waals surface area contributed by atoms with E-state index in [0.717, 1.165) is 24.3 Å². The Labute approximate surface area is 366 Å². The first-order chi connectivity index (χ1) is 30.1. The normalized spacial score (nSPS) is 25.3. The fourth-order valence-electron chi connectivity index (χ4n) is 13.4. The molecule has 12 rings (SSSR count). The molecule has 8 aromatic rings. The van der Waals surface area contributed by atoms with Gasteiger partial charge >= 0.3 is 0 Å². The molecule has 4 atom stereocenters. The molecule has 0 spiro atoms.